The molecule has 1 aromatic heterocycles. The summed E-state index contributed by atoms with van der Waals surface area (Å²) in [7, 11) is -0.898. The zero-order chi connectivity index (χ0) is 19.6. The van der Waals surface area contributed by atoms with Gasteiger partial charge in [-0.1, -0.05) is 35.5 Å². The highest BCUT2D eigenvalue weighted by Gasteiger charge is 2.20. The van der Waals surface area contributed by atoms with Gasteiger partial charge < -0.3 is 14.7 Å². The van der Waals surface area contributed by atoms with Gasteiger partial charge in [0.15, 0.2) is 5.96 Å². The maximum atomic E-state index is 12.3. The predicted molar refractivity (Wildman–Crippen MR) is 112 cm³/mol. The molecule has 152 valence electrons. The lowest BCUT2D eigenvalue weighted by Gasteiger charge is -2.36. The molecule has 7 nitrogen and oxygen atoms in total. The highest BCUT2D eigenvalue weighted by Crippen LogP contribution is 2.08. The quantitative estimate of drug-likeness (QED) is 0.534. The Morgan fingerprint density at radius 3 is 2.68 bits per heavy atom. The molecule has 0 amide bonds. The molecule has 1 atom stereocenters. The third-order valence-corrected chi connectivity index (χ3v) is 5.93. The van der Waals surface area contributed by atoms with Crippen LogP contribution in [0.5, 0.6) is 0 Å². The van der Waals surface area contributed by atoms with Gasteiger partial charge in [-0.15, -0.1) is 0 Å². The minimum Gasteiger partial charge on any atom is -0.364 e. The lowest BCUT2D eigenvalue weighted by Crippen LogP contribution is -2.52. The SMILES string of the molecule is CCNC(=NCCS(=O)Cc1ccccc1)N1CCN(Cc2ccon2)CC1. The van der Waals surface area contributed by atoms with Crippen LogP contribution in [0.1, 0.15) is 18.2 Å². The molecule has 2 heterocycles. The molecule has 1 fully saturated rings. The molecular weight excluding hydrogens is 374 g/mol. The van der Waals surface area contributed by atoms with Gasteiger partial charge in [0.1, 0.15) is 6.26 Å². The molecule has 1 aliphatic heterocycles. The van der Waals surface area contributed by atoms with Crippen LogP contribution in [0.2, 0.25) is 0 Å². The van der Waals surface area contributed by atoms with Gasteiger partial charge in [0, 0.05) is 67.6 Å². The van der Waals surface area contributed by atoms with Crippen LogP contribution in [-0.4, -0.2) is 70.1 Å². The van der Waals surface area contributed by atoms with E-state index in [-0.39, 0.29) is 0 Å². The Morgan fingerprint density at radius 2 is 2.00 bits per heavy atom. The molecule has 0 radical (unpaired) electrons. The molecule has 1 aromatic carbocycles. The third kappa shape index (κ3) is 6.45. The van der Waals surface area contributed by atoms with Crippen LogP contribution >= 0.6 is 0 Å². The molecule has 1 N–H and O–H groups in total. The van der Waals surface area contributed by atoms with Crippen molar-refractivity contribution in [3.8, 4) is 0 Å². The summed E-state index contributed by atoms with van der Waals surface area (Å²) in [5, 5.41) is 7.35. The Kier molecular flexibility index (Phi) is 8.05. The van der Waals surface area contributed by atoms with E-state index in [1.165, 1.54) is 0 Å². The lowest BCUT2D eigenvalue weighted by molar-refractivity contribution is 0.169. The predicted octanol–water partition coefficient (Wildman–Crippen LogP) is 1.71. The molecular formula is C20H29N5O2S. The Labute approximate surface area is 169 Å². The Bertz CT molecular complexity index is 743. The third-order valence-electron chi connectivity index (χ3n) is 4.63. The smallest absolute Gasteiger partial charge is 0.194 e. The normalized spacial score (nSPS) is 16.9. The van der Waals surface area contributed by atoms with Crippen LogP contribution < -0.4 is 5.32 Å². The fraction of sp³-hybridized carbons (Fsp3) is 0.500. The van der Waals surface area contributed by atoms with Crippen LogP contribution in [0.3, 0.4) is 0 Å². The maximum Gasteiger partial charge on any atom is 0.194 e. The molecule has 1 aliphatic rings. The summed E-state index contributed by atoms with van der Waals surface area (Å²) in [5.74, 6) is 2.09. The van der Waals surface area contributed by atoms with E-state index in [0.717, 1.165) is 56.5 Å². The van der Waals surface area contributed by atoms with Crippen LogP contribution in [0.25, 0.3) is 0 Å². The number of aromatic nitrogens is 1. The van der Waals surface area contributed by atoms with Gasteiger partial charge in [0.25, 0.3) is 0 Å². The molecule has 2 aromatic rings. The van der Waals surface area contributed by atoms with Gasteiger partial charge in [-0.05, 0) is 12.5 Å². The number of nitrogens with zero attached hydrogens (tertiary/aromatic N) is 4. The van der Waals surface area contributed by atoms with Crippen LogP contribution in [0.4, 0.5) is 0 Å². The molecule has 0 spiro atoms. The van der Waals surface area contributed by atoms with Gasteiger partial charge in [-0.25, -0.2) is 0 Å². The first-order valence-electron chi connectivity index (χ1n) is 9.78. The van der Waals surface area contributed by atoms with Crippen molar-refractivity contribution in [2.24, 2.45) is 4.99 Å². The van der Waals surface area contributed by atoms with Crippen molar-refractivity contribution in [2.45, 2.75) is 19.2 Å². The second kappa shape index (κ2) is 11.0. The second-order valence-electron chi connectivity index (χ2n) is 6.76. The topological polar surface area (TPSA) is 74.0 Å². The summed E-state index contributed by atoms with van der Waals surface area (Å²) in [6, 6.07) is 11.9. The summed E-state index contributed by atoms with van der Waals surface area (Å²) in [6.07, 6.45) is 1.61. The summed E-state index contributed by atoms with van der Waals surface area (Å²) in [5.41, 5.74) is 2.08. The first-order valence-corrected chi connectivity index (χ1v) is 11.3. The Morgan fingerprint density at radius 1 is 1.21 bits per heavy atom. The van der Waals surface area contributed by atoms with Crippen LogP contribution in [-0.2, 0) is 23.1 Å². The Balaban J connectivity index is 1.45. The molecule has 28 heavy (non-hydrogen) atoms. The van der Waals surface area contributed by atoms with E-state index in [1.807, 2.05) is 36.4 Å². The number of hydrogen-bond donors (Lipinski definition) is 1. The van der Waals surface area contributed by atoms with Gasteiger partial charge in [-0.3, -0.25) is 14.1 Å². The number of aliphatic imine (C=N–C) groups is 1. The number of hydrogen-bond acceptors (Lipinski definition) is 5. The number of piperazine rings is 1. The average Bonchev–Trinajstić information content (AvgIpc) is 3.22. The largest absolute Gasteiger partial charge is 0.364 e. The fourth-order valence-electron chi connectivity index (χ4n) is 3.18. The molecule has 0 aliphatic carbocycles. The first-order chi connectivity index (χ1) is 13.7. The average molecular weight is 404 g/mol. The van der Waals surface area contributed by atoms with Crippen molar-refractivity contribution in [2.75, 3.05) is 45.0 Å². The van der Waals surface area contributed by atoms with E-state index < -0.39 is 10.8 Å². The van der Waals surface area contributed by atoms with E-state index in [4.69, 9.17) is 9.52 Å². The van der Waals surface area contributed by atoms with E-state index in [1.54, 1.807) is 6.26 Å². The molecule has 1 unspecified atom stereocenters. The Hall–Kier alpha value is -2.19. The number of nitrogens with one attached hydrogen (secondary N) is 1. The number of guanidine groups is 1. The molecule has 0 saturated carbocycles. The minimum absolute atomic E-state index is 0.570. The molecule has 0 bridgehead atoms. The van der Waals surface area contributed by atoms with Crippen molar-refractivity contribution in [3.63, 3.8) is 0 Å². The first kappa shape index (κ1) is 20.5. The van der Waals surface area contributed by atoms with Crippen molar-refractivity contribution >= 4 is 16.8 Å². The lowest BCUT2D eigenvalue weighted by atomic mass is 10.2. The summed E-state index contributed by atoms with van der Waals surface area (Å²) >= 11 is 0. The zero-order valence-corrected chi connectivity index (χ0v) is 17.2. The standard InChI is InChI=1S/C20H29N5O2S/c1-2-21-20(22-9-15-28(26)17-18-6-4-3-5-7-18)25-12-10-24(11-13-25)16-19-8-14-27-23-19/h3-8,14H,2,9-13,15-17H2,1H3,(H,21,22). The maximum absolute atomic E-state index is 12.3. The van der Waals surface area contributed by atoms with Gasteiger partial charge in [0.2, 0.25) is 0 Å². The highest BCUT2D eigenvalue weighted by molar-refractivity contribution is 7.84. The second-order valence-corrected chi connectivity index (χ2v) is 8.34. The summed E-state index contributed by atoms with van der Waals surface area (Å²) < 4.78 is 17.2. The van der Waals surface area contributed by atoms with Crippen molar-refractivity contribution in [1.82, 2.24) is 20.3 Å². The van der Waals surface area contributed by atoms with Crippen molar-refractivity contribution < 1.29 is 8.73 Å². The van der Waals surface area contributed by atoms with Crippen LogP contribution in [0, 0.1) is 0 Å². The highest BCUT2D eigenvalue weighted by atomic mass is 32.2. The van der Waals surface area contributed by atoms with E-state index in [9.17, 15) is 4.21 Å². The molecule has 8 heteroatoms. The van der Waals surface area contributed by atoms with Crippen LogP contribution in [0.15, 0.2) is 52.2 Å². The summed E-state index contributed by atoms with van der Waals surface area (Å²) in [6.45, 7) is 8.02. The van der Waals surface area contributed by atoms with E-state index in [2.05, 4.69) is 27.2 Å². The van der Waals surface area contributed by atoms with E-state index in [0.29, 0.717) is 18.1 Å². The zero-order valence-electron chi connectivity index (χ0n) is 16.4. The minimum atomic E-state index is -0.898. The van der Waals surface area contributed by atoms with E-state index >= 15 is 0 Å². The monoisotopic (exact) mass is 403 g/mol. The summed E-state index contributed by atoms with van der Waals surface area (Å²) in [4.78, 5) is 9.36. The molecule has 3 rings (SSSR count). The fourth-order valence-corrected chi connectivity index (χ4v) is 4.18. The number of benzene rings is 1. The van der Waals surface area contributed by atoms with Gasteiger partial charge in [0.05, 0.1) is 12.2 Å². The number of rotatable bonds is 8. The van der Waals surface area contributed by atoms with Gasteiger partial charge in [-0.2, -0.15) is 0 Å². The van der Waals surface area contributed by atoms with Crippen molar-refractivity contribution in [1.29, 1.82) is 0 Å². The molecule has 1 saturated heterocycles. The van der Waals surface area contributed by atoms with Crippen molar-refractivity contribution in [3.05, 3.63) is 53.9 Å². The van der Waals surface area contributed by atoms with Gasteiger partial charge >= 0.3 is 0 Å².